The van der Waals surface area contributed by atoms with Gasteiger partial charge in [-0.3, -0.25) is 4.79 Å². The zero-order valence-electron chi connectivity index (χ0n) is 14.7. The molecule has 1 amide bonds. The summed E-state index contributed by atoms with van der Waals surface area (Å²) in [5, 5.41) is 13.1. The van der Waals surface area contributed by atoms with Crippen LogP contribution in [0.25, 0.3) is 5.69 Å². The first-order chi connectivity index (χ1) is 12.7. The molecular formula is C19H20N6O. The van der Waals surface area contributed by atoms with E-state index in [0.29, 0.717) is 24.7 Å². The fourth-order valence-corrected chi connectivity index (χ4v) is 3.53. The second kappa shape index (κ2) is 5.79. The number of hydrogen-bond donors (Lipinski definition) is 0. The molecule has 7 nitrogen and oxygen atoms in total. The third-order valence-corrected chi connectivity index (χ3v) is 5.17. The molecule has 132 valence electrons. The van der Waals surface area contributed by atoms with Crippen LogP contribution in [-0.2, 0) is 13.1 Å². The molecule has 0 N–H and O–H groups in total. The quantitative estimate of drug-likeness (QED) is 0.728. The molecule has 2 aromatic heterocycles. The van der Waals surface area contributed by atoms with Crippen molar-refractivity contribution >= 4 is 5.91 Å². The number of hydrogen-bond acceptors (Lipinski definition) is 4. The molecule has 1 fully saturated rings. The zero-order valence-corrected chi connectivity index (χ0v) is 14.7. The highest BCUT2D eigenvalue weighted by atomic mass is 16.2. The molecule has 7 heteroatoms. The van der Waals surface area contributed by atoms with Crippen LogP contribution in [0.3, 0.4) is 0 Å². The van der Waals surface area contributed by atoms with Crippen molar-refractivity contribution in [1.82, 2.24) is 29.4 Å². The molecule has 1 saturated carbocycles. The van der Waals surface area contributed by atoms with Crippen LogP contribution in [-0.4, -0.2) is 41.9 Å². The SMILES string of the molecule is Cc1nnc2n1CCN(C(=O)c1cc(C3CC3)nn1-c1ccccc1)C2. The average molecular weight is 348 g/mol. The topological polar surface area (TPSA) is 68.8 Å². The van der Waals surface area contributed by atoms with Crippen molar-refractivity contribution < 1.29 is 4.79 Å². The van der Waals surface area contributed by atoms with Crippen molar-refractivity contribution in [1.29, 1.82) is 0 Å². The van der Waals surface area contributed by atoms with Crippen molar-refractivity contribution in [3.63, 3.8) is 0 Å². The first-order valence-electron chi connectivity index (χ1n) is 9.04. The van der Waals surface area contributed by atoms with E-state index in [9.17, 15) is 4.79 Å². The highest BCUT2D eigenvalue weighted by Crippen LogP contribution is 2.40. The molecule has 1 aromatic carbocycles. The van der Waals surface area contributed by atoms with Gasteiger partial charge in [0.25, 0.3) is 5.91 Å². The summed E-state index contributed by atoms with van der Waals surface area (Å²) in [7, 11) is 0. The standard InChI is InChI=1S/C19H20N6O/c1-13-20-21-18-12-23(9-10-24(13)18)19(26)17-11-16(14-7-8-14)22-25(17)15-5-3-2-4-6-15/h2-6,11,14H,7-10,12H2,1H3. The summed E-state index contributed by atoms with van der Waals surface area (Å²) in [6.45, 7) is 3.82. The summed E-state index contributed by atoms with van der Waals surface area (Å²) < 4.78 is 3.87. The molecule has 0 radical (unpaired) electrons. The minimum Gasteiger partial charge on any atom is -0.328 e. The van der Waals surface area contributed by atoms with Crippen molar-refractivity contribution in [2.75, 3.05) is 6.54 Å². The van der Waals surface area contributed by atoms with Crippen molar-refractivity contribution in [3.05, 3.63) is 59.4 Å². The Morgan fingerprint density at radius 2 is 1.92 bits per heavy atom. The summed E-state index contributed by atoms with van der Waals surface area (Å²) in [5.74, 6) is 2.24. The van der Waals surface area contributed by atoms with Crippen LogP contribution in [0.15, 0.2) is 36.4 Å². The normalized spacial score (nSPS) is 16.6. The van der Waals surface area contributed by atoms with Crippen molar-refractivity contribution in [2.45, 2.75) is 38.8 Å². The summed E-state index contributed by atoms with van der Waals surface area (Å²) >= 11 is 0. The van der Waals surface area contributed by atoms with Gasteiger partial charge in [0.05, 0.1) is 17.9 Å². The Hall–Kier alpha value is -2.96. The molecule has 0 spiro atoms. The minimum atomic E-state index is 0.000145. The van der Waals surface area contributed by atoms with Gasteiger partial charge in [-0.25, -0.2) is 4.68 Å². The first-order valence-corrected chi connectivity index (χ1v) is 9.04. The second-order valence-corrected chi connectivity index (χ2v) is 7.02. The van der Waals surface area contributed by atoms with E-state index in [4.69, 9.17) is 5.10 Å². The Labute approximate surface area is 151 Å². The first kappa shape index (κ1) is 15.3. The Morgan fingerprint density at radius 3 is 2.69 bits per heavy atom. The van der Waals surface area contributed by atoms with Gasteiger partial charge >= 0.3 is 0 Å². The van der Waals surface area contributed by atoms with Crippen LogP contribution < -0.4 is 0 Å². The van der Waals surface area contributed by atoms with Gasteiger partial charge in [0.2, 0.25) is 0 Å². The van der Waals surface area contributed by atoms with E-state index in [2.05, 4.69) is 14.8 Å². The average Bonchev–Trinajstić information content (AvgIpc) is 3.33. The Balaban J connectivity index is 1.50. The highest BCUT2D eigenvalue weighted by Gasteiger charge is 2.31. The Morgan fingerprint density at radius 1 is 1.12 bits per heavy atom. The minimum absolute atomic E-state index is 0.000145. The third-order valence-electron chi connectivity index (χ3n) is 5.17. The van der Waals surface area contributed by atoms with Gasteiger partial charge in [0.1, 0.15) is 11.5 Å². The molecule has 0 bridgehead atoms. The number of carbonyl (C=O) groups is 1. The van der Waals surface area contributed by atoms with Crippen LogP contribution in [0.1, 0.15) is 46.6 Å². The molecule has 3 heterocycles. The van der Waals surface area contributed by atoms with Crippen LogP contribution in [0, 0.1) is 6.92 Å². The van der Waals surface area contributed by atoms with E-state index in [1.165, 1.54) is 0 Å². The van der Waals surface area contributed by atoms with Gasteiger partial charge in [-0.05, 0) is 38.0 Å². The van der Waals surface area contributed by atoms with E-state index in [1.807, 2.05) is 48.2 Å². The van der Waals surface area contributed by atoms with Gasteiger partial charge in [-0.1, -0.05) is 18.2 Å². The number of aryl methyl sites for hydroxylation is 1. The Kier molecular flexibility index (Phi) is 3.41. The highest BCUT2D eigenvalue weighted by molar-refractivity contribution is 5.93. The molecule has 26 heavy (non-hydrogen) atoms. The van der Waals surface area contributed by atoms with Crippen LogP contribution in [0.5, 0.6) is 0 Å². The van der Waals surface area contributed by atoms with Gasteiger partial charge in [-0.2, -0.15) is 5.10 Å². The maximum Gasteiger partial charge on any atom is 0.273 e. The third kappa shape index (κ3) is 2.51. The number of benzene rings is 1. The summed E-state index contributed by atoms with van der Waals surface area (Å²) in [4.78, 5) is 15.1. The molecule has 1 aliphatic carbocycles. The number of nitrogens with zero attached hydrogens (tertiary/aromatic N) is 6. The van der Waals surface area contributed by atoms with E-state index in [0.717, 1.165) is 42.4 Å². The number of aromatic nitrogens is 5. The molecule has 0 saturated heterocycles. The lowest BCUT2D eigenvalue weighted by Crippen LogP contribution is -2.39. The maximum atomic E-state index is 13.3. The fraction of sp³-hybridized carbons (Fsp3) is 0.368. The summed E-state index contributed by atoms with van der Waals surface area (Å²) in [5.41, 5.74) is 2.56. The van der Waals surface area contributed by atoms with Crippen molar-refractivity contribution in [3.8, 4) is 5.69 Å². The molecule has 0 unspecified atom stereocenters. The smallest absolute Gasteiger partial charge is 0.273 e. The molecule has 1 aliphatic heterocycles. The molecule has 0 atom stereocenters. The summed E-state index contributed by atoms with van der Waals surface area (Å²) in [6, 6.07) is 11.8. The Bertz CT molecular complexity index is 969. The number of rotatable bonds is 3. The molecule has 5 rings (SSSR count). The van der Waals surface area contributed by atoms with E-state index in [1.54, 1.807) is 4.68 Å². The van der Waals surface area contributed by atoms with E-state index in [-0.39, 0.29) is 5.91 Å². The lowest BCUT2D eigenvalue weighted by Gasteiger charge is -2.27. The van der Waals surface area contributed by atoms with Crippen LogP contribution >= 0.6 is 0 Å². The zero-order chi connectivity index (χ0) is 17.7. The lowest BCUT2D eigenvalue weighted by atomic mass is 10.2. The predicted octanol–water partition coefficient (Wildman–Crippen LogP) is 2.31. The number of fused-ring (bicyclic) bond motifs is 1. The van der Waals surface area contributed by atoms with E-state index >= 15 is 0 Å². The lowest BCUT2D eigenvalue weighted by molar-refractivity contribution is 0.0697. The van der Waals surface area contributed by atoms with Gasteiger partial charge in [0, 0.05) is 19.0 Å². The fourth-order valence-electron chi connectivity index (χ4n) is 3.53. The van der Waals surface area contributed by atoms with Crippen molar-refractivity contribution in [2.24, 2.45) is 0 Å². The summed E-state index contributed by atoms with van der Waals surface area (Å²) in [6.07, 6.45) is 2.32. The van der Waals surface area contributed by atoms with Crippen LogP contribution in [0.4, 0.5) is 0 Å². The largest absolute Gasteiger partial charge is 0.328 e. The number of amides is 1. The number of para-hydroxylation sites is 1. The number of carbonyl (C=O) groups excluding carboxylic acids is 1. The maximum absolute atomic E-state index is 13.3. The predicted molar refractivity (Wildman–Crippen MR) is 95.0 cm³/mol. The van der Waals surface area contributed by atoms with Gasteiger partial charge < -0.3 is 9.47 Å². The molecule has 2 aliphatic rings. The molecular weight excluding hydrogens is 328 g/mol. The van der Waals surface area contributed by atoms with E-state index < -0.39 is 0 Å². The monoisotopic (exact) mass is 348 g/mol. The second-order valence-electron chi connectivity index (χ2n) is 7.02. The molecule has 3 aromatic rings. The van der Waals surface area contributed by atoms with Crippen LogP contribution in [0.2, 0.25) is 0 Å². The van der Waals surface area contributed by atoms with Gasteiger partial charge in [0.15, 0.2) is 5.82 Å². The van der Waals surface area contributed by atoms with Gasteiger partial charge in [-0.15, -0.1) is 10.2 Å².